The molecule has 4 nitrogen and oxygen atoms in total. The molecule has 0 aliphatic heterocycles. The van der Waals surface area contributed by atoms with Crippen molar-refractivity contribution >= 4 is 11.6 Å². The maximum atomic E-state index is 10.8. The van der Waals surface area contributed by atoms with Crippen LogP contribution in [0.25, 0.3) is 0 Å². The summed E-state index contributed by atoms with van der Waals surface area (Å²) in [7, 11) is 0. The van der Waals surface area contributed by atoms with Gasteiger partial charge in [0.05, 0.1) is 0 Å². The standard InChI is InChI=1S/C8H12N2O2.C2H6/c1-4-7-8(9-6(3)11)5(2)10-12-7;1-2/h4H2,1-3H3,(H,9,11);1-2H3. The van der Waals surface area contributed by atoms with Crippen LogP contribution in [0.4, 0.5) is 5.69 Å². The van der Waals surface area contributed by atoms with Gasteiger partial charge in [0, 0.05) is 13.3 Å². The first-order valence-corrected chi connectivity index (χ1v) is 4.88. The lowest BCUT2D eigenvalue weighted by molar-refractivity contribution is -0.114. The number of nitrogens with one attached hydrogen (secondary N) is 1. The number of nitrogens with zero attached hydrogens (tertiary/aromatic N) is 1. The van der Waals surface area contributed by atoms with Crippen molar-refractivity contribution in [3.63, 3.8) is 0 Å². The number of anilines is 1. The summed E-state index contributed by atoms with van der Waals surface area (Å²) in [6.07, 6.45) is 0.733. The van der Waals surface area contributed by atoms with E-state index in [0.717, 1.165) is 17.9 Å². The molecular formula is C10H18N2O2. The van der Waals surface area contributed by atoms with Crippen LogP contribution >= 0.6 is 0 Å². The summed E-state index contributed by atoms with van der Waals surface area (Å²) >= 11 is 0. The smallest absolute Gasteiger partial charge is 0.221 e. The minimum absolute atomic E-state index is 0.101. The minimum Gasteiger partial charge on any atom is -0.359 e. The van der Waals surface area contributed by atoms with Crippen molar-refractivity contribution in [3.8, 4) is 0 Å². The Bertz CT molecular complexity index is 292. The predicted molar refractivity (Wildman–Crippen MR) is 56.3 cm³/mol. The van der Waals surface area contributed by atoms with Crippen molar-refractivity contribution in [3.05, 3.63) is 11.5 Å². The monoisotopic (exact) mass is 198 g/mol. The van der Waals surface area contributed by atoms with Gasteiger partial charge in [0.15, 0.2) is 5.76 Å². The average molecular weight is 198 g/mol. The topological polar surface area (TPSA) is 55.1 Å². The van der Waals surface area contributed by atoms with Crippen LogP contribution in [0.3, 0.4) is 0 Å². The first-order chi connectivity index (χ1) is 6.65. The van der Waals surface area contributed by atoms with Gasteiger partial charge in [-0.25, -0.2) is 0 Å². The molecule has 0 spiro atoms. The SMILES string of the molecule is CC.CCc1onc(C)c1NC(C)=O. The molecule has 0 bridgehead atoms. The molecule has 14 heavy (non-hydrogen) atoms. The van der Waals surface area contributed by atoms with E-state index in [1.165, 1.54) is 6.92 Å². The van der Waals surface area contributed by atoms with Crippen LogP contribution in [0.15, 0.2) is 4.52 Å². The second kappa shape index (κ2) is 6.18. The fourth-order valence-electron chi connectivity index (χ4n) is 0.994. The molecule has 0 radical (unpaired) electrons. The second-order valence-electron chi connectivity index (χ2n) is 2.60. The number of hydrogen-bond acceptors (Lipinski definition) is 3. The van der Waals surface area contributed by atoms with E-state index in [-0.39, 0.29) is 5.91 Å². The number of amides is 1. The third-order valence-electron chi connectivity index (χ3n) is 1.56. The molecule has 80 valence electrons. The predicted octanol–water partition coefficient (Wildman–Crippen LogP) is 2.53. The summed E-state index contributed by atoms with van der Waals surface area (Å²) in [6.45, 7) is 9.21. The van der Waals surface area contributed by atoms with Gasteiger partial charge in [-0.3, -0.25) is 4.79 Å². The Morgan fingerprint density at radius 1 is 1.50 bits per heavy atom. The third kappa shape index (κ3) is 3.20. The zero-order valence-corrected chi connectivity index (χ0v) is 9.47. The molecular weight excluding hydrogens is 180 g/mol. The van der Waals surface area contributed by atoms with Crippen LogP contribution in [0.5, 0.6) is 0 Å². The molecule has 1 aromatic rings. The zero-order chi connectivity index (χ0) is 11.1. The Kier molecular flexibility index (Phi) is 5.60. The molecule has 0 fully saturated rings. The van der Waals surface area contributed by atoms with E-state index in [4.69, 9.17) is 4.52 Å². The van der Waals surface area contributed by atoms with Crippen LogP contribution in [0, 0.1) is 6.92 Å². The Hall–Kier alpha value is -1.32. The van der Waals surface area contributed by atoms with Gasteiger partial charge in [0.25, 0.3) is 0 Å². The van der Waals surface area contributed by atoms with Gasteiger partial charge in [-0.1, -0.05) is 25.9 Å². The molecule has 0 atom stereocenters. The molecule has 0 unspecified atom stereocenters. The van der Waals surface area contributed by atoms with Crippen LogP contribution in [-0.4, -0.2) is 11.1 Å². The number of carbonyl (C=O) groups is 1. The van der Waals surface area contributed by atoms with Crippen LogP contribution in [0.1, 0.15) is 39.1 Å². The molecule has 4 heteroatoms. The molecule has 1 heterocycles. The lowest BCUT2D eigenvalue weighted by Gasteiger charge is -1.99. The van der Waals surface area contributed by atoms with Crippen molar-refractivity contribution in [1.29, 1.82) is 0 Å². The van der Waals surface area contributed by atoms with Crippen molar-refractivity contribution in [2.24, 2.45) is 0 Å². The zero-order valence-electron chi connectivity index (χ0n) is 9.47. The molecule has 1 aromatic heterocycles. The summed E-state index contributed by atoms with van der Waals surface area (Å²) in [5, 5.41) is 6.43. The molecule has 1 N–H and O–H groups in total. The normalized spacial score (nSPS) is 8.93. The third-order valence-corrected chi connectivity index (χ3v) is 1.56. The van der Waals surface area contributed by atoms with Crippen LogP contribution < -0.4 is 5.32 Å². The van der Waals surface area contributed by atoms with E-state index >= 15 is 0 Å². The minimum atomic E-state index is -0.101. The number of aryl methyl sites for hydroxylation is 2. The molecule has 0 saturated carbocycles. The van der Waals surface area contributed by atoms with Gasteiger partial charge in [-0.2, -0.15) is 0 Å². The van der Waals surface area contributed by atoms with E-state index in [1.54, 1.807) is 6.92 Å². The largest absolute Gasteiger partial charge is 0.359 e. The lowest BCUT2D eigenvalue weighted by atomic mass is 10.2. The van der Waals surface area contributed by atoms with E-state index in [9.17, 15) is 4.79 Å². The summed E-state index contributed by atoms with van der Waals surface area (Å²) in [6, 6.07) is 0. The Labute approximate surface area is 84.7 Å². The highest BCUT2D eigenvalue weighted by molar-refractivity contribution is 5.89. The van der Waals surface area contributed by atoms with Gasteiger partial charge in [-0.15, -0.1) is 0 Å². The van der Waals surface area contributed by atoms with Crippen molar-refractivity contribution in [2.45, 2.75) is 41.0 Å². The quantitative estimate of drug-likeness (QED) is 0.794. The fourth-order valence-corrected chi connectivity index (χ4v) is 0.994. The first kappa shape index (κ1) is 12.7. The van der Waals surface area contributed by atoms with Gasteiger partial charge in [0.2, 0.25) is 5.91 Å². The lowest BCUT2D eigenvalue weighted by Crippen LogP contribution is -2.07. The Morgan fingerprint density at radius 2 is 2.07 bits per heavy atom. The molecule has 0 saturated heterocycles. The Morgan fingerprint density at radius 3 is 2.50 bits per heavy atom. The van der Waals surface area contributed by atoms with E-state index in [0.29, 0.717) is 5.69 Å². The fraction of sp³-hybridized carbons (Fsp3) is 0.600. The summed E-state index contributed by atoms with van der Waals surface area (Å²) in [5.74, 6) is 0.624. The highest BCUT2D eigenvalue weighted by Crippen LogP contribution is 2.19. The maximum Gasteiger partial charge on any atom is 0.221 e. The molecule has 1 amide bonds. The molecule has 0 aromatic carbocycles. The summed E-state index contributed by atoms with van der Waals surface area (Å²) in [5.41, 5.74) is 1.44. The average Bonchev–Trinajstić information content (AvgIpc) is 2.51. The number of carbonyl (C=O) groups excluding carboxylic acids is 1. The van der Waals surface area contributed by atoms with Gasteiger partial charge < -0.3 is 9.84 Å². The summed E-state index contributed by atoms with van der Waals surface area (Å²) in [4.78, 5) is 10.8. The van der Waals surface area contributed by atoms with Crippen molar-refractivity contribution in [1.82, 2.24) is 5.16 Å². The van der Waals surface area contributed by atoms with E-state index in [1.807, 2.05) is 20.8 Å². The molecule has 0 aliphatic carbocycles. The maximum absolute atomic E-state index is 10.8. The molecule has 1 rings (SSSR count). The van der Waals surface area contributed by atoms with Crippen molar-refractivity contribution in [2.75, 3.05) is 5.32 Å². The highest BCUT2D eigenvalue weighted by atomic mass is 16.5. The van der Waals surface area contributed by atoms with E-state index < -0.39 is 0 Å². The number of aromatic nitrogens is 1. The van der Waals surface area contributed by atoms with Crippen LogP contribution in [-0.2, 0) is 11.2 Å². The van der Waals surface area contributed by atoms with Gasteiger partial charge in [-0.05, 0) is 6.92 Å². The number of hydrogen-bond donors (Lipinski definition) is 1. The van der Waals surface area contributed by atoms with Crippen molar-refractivity contribution < 1.29 is 9.32 Å². The number of rotatable bonds is 2. The second-order valence-corrected chi connectivity index (χ2v) is 2.60. The molecule has 0 aliphatic rings. The van der Waals surface area contributed by atoms with Gasteiger partial charge in [0.1, 0.15) is 11.4 Å². The van der Waals surface area contributed by atoms with Crippen LogP contribution in [0.2, 0.25) is 0 Å². The Balaban J connectivity index is 0.000000791. The van der Waals surface area contributed by atoms with E-state index in [2.05, 4.69) is 10.5 Å². The first-order valence-electron chi connectivity index (χ1n) is 4.88. The van der Waals surface area contributed by atoms with Gasteiger partial charge >= 0.3 is 0 Å². The highest BCUT2D eigenvalue weighted by Gasteiger charge is 2.11. The summed E-state index contributed by atoms with van der Waals surface area (Å²) < 4.78 is 4.98.